The van der Waals surface area contributed by atoms with E-state index < -0.39 is 11.9 Å². The van der Waals surface area contributed by atoms with Gasteiger partial charge in [-0.05, 0) is 31.6 Å². The first kappa shape index (κ1) is 13.0. The number of rotatable bonds is 6. The van der Waals surface area contributed by atoms with Crippen molar-refractivity contribution in [2.45, 2.75) is 19.8 Å². The third kappa shape index (κ3) is 4.55. The van der Waals surface area contributed by atoms with Gasteiger partial charge in [-0.15, -0.1) is 0 Å². The second-order valence-electron chi connectivity index (χ2n) is 3.30. The van der Waals surface area contributed by atoms with E-state index in [4.69, 9.17) is 14.3 Å². The minimum Gasteiger partial charge on any atom is -0.481 e. The molecular formula is C12H14O5. The third-order valence-corrected chi connectivity index (χ3v) is 2.01. The van der Waals surface area contributed by atoms with Crippen molar-refractivity contribution < 1.29 is 23.8 Å². The number of carbonyl (C=O) groups excluding carboxylic acids is 1. The highest BCUT2D eigenvalue weighted by Crippen LogP contribution is 2.14. The maximum atomic E-state index is 11.6. The van der Waals surface area contributed by atoms with Gasteiger partial charge in [-0.1, -0.05) is 0 Å². The molecule has 0 saturated heterocycles. The summed E-state index contributed by atoms with van der Waals surface area (Å²) in [7, 11) is 0. The van der Waals surface area contributed by atoms with Crippen LogP contribution in [0.4, 0.5) is 0 Å². The predicted octanol–water partition coefficient (Wildman–Crippen LogP) is 2.09. The summed E-state index contributed by atoms with van der Waals surface area (Å²) >= 11 is 0. The Labute approximate surface area is 98.7 Å². The average Bonchev–Trinajstić information content (AvgIpc) is 2.76. The molecule has 0 amide bonds. The van der Waals surface area contributed by atoms with Crippen molar-refractivity contribution in [1.82, 2.24) is 0 Å². The lowest BCUT2D eigenvalue weighted by atomic mass is 10.1. The number of hydrogen-bond acceptors (Lipinski definition) is 4. The Hall–Kier alpha value is -2.04. The monoisotopic (exact) mass is 238 g/mol. The van der Waals surface area contributed by atoms with Crippen molar-refractivity contribution in [2.75, 3.05) is 6.61 Å². The van der Waals surface area contributed by atoms with Gasteiger partial charge >= 0.3 is 11.9 Å². The van der Waals surface area contributed by atoms with E-state index in [0.717, 1.165) is 0 Å². The Kier molecular flexibility index (Phi) is 5.00. The number of carboxylic acid groups (broad SMARTS) is 1. The molecule has 0 unspecified atom stereocenters. The van der Waals surface area contributed by atoms with Gasteiger partial charge in [0.25, 0.3) is 0 Å². The molecular weight excluding hydrogens is 224 g/mol. The standard InChI is InChI=1S/C12H14O5/c1-2-16-12(15)9(5-6-11(13)14)8-10-4-3-7-17-10/h3-4,7-8H,2,5-6H2,1H3,(H,13,14). The van der Waals surface area contributed by atoms with Crippen molar-refractivity contribution in [2.24, 2.45) is 0 Å². The van der Waals surface area contributed by atoms with Gasteiger partial charge in [-0.3, -0.25) is 4.79 Å². The van der Waals surface area contributed by atoms with Crippen molar-refractivity contribution in [3.05, 3.63) is 29.7 Å². The molecule has 92 valence electrons. The Balaban J connectivity index is 2.78. The molecule has 0 saturated carbocycles. The molecule has 17 heavy (non-hydrogen) atoms. The zero-order valence-corrected chi connectivity index (χ0v) is 9.51. The molecule has 5 nitrogen and oxygen atoms in total. The van der Waals surface area contributed by atoms with Crippen molar-refractivity contribution >= 4 is 18.0 Å². The summed E-state index contributed by atoms with van der Waals surface area (Å²) in [6.45, 7) is 1.95. The fourth-order valence-electron chi connectivity index (χ4n) is 1.24. The lowest BCUT2D eigenvalue weighted by molar-refractivity contribution is -0.138. The first-order valence-corrected chi connectivity index (χ1v) is 5.26. The summed E-state index contributed by atoms with van der Waals surface area (Å²) in [6.07, 6.45) is 2.98. The summed E-state index contributed by atoms with van der Waals surface area (Å²) < 4.78 is 9.91. The Morgan fingerprint density at radius 2 is 2.24 bits per heavy atom. The SMILES string of the molecule is CCOC(=O)C(=Cc1ccco1)CCC(=O)O. The maximum Gasteiger partial charge on any atom is 0.334 e. The van der Waals surface area contributed by atoms with Crippen LogP contribution in [0.5, 0.6) is 0 Å². The number of carboxylic acids is 1. The number of aliphatic carboxylic acids is 1. The van der Waals surface area contributed by atoms with Crippen LogP contribution in [0.2, 0.25) is 0 Å². The van der Waals surface area contributed by atoms with Crippen molar-refractivity contribution in [3.8, 4) is 0 Å². The highest BCUT2D eigenvalue weighted by Gasteiger charge is 2.13. The Bertz CT molecular complexity index is 403. The number of hydrogen-bond donors (Lipinski definition) is 1. The van der Waals surface area contributed by atoms with Gasteiger partial charge < -0.3 is 14.3 Å². The topological polar surface area (TPSA) is 76.7 Å². The molecule has 1 N–H and O–H groups in total. The zero-order chi connectivity index (χ0) is 12.7. The number of esters is 1. The molecule has 0 bridgehead atoms. The Morgan fingerprint density at radius 3 is 2.76 bits per heavy atom. The van der Waals surface area contributed by atoms with Gasteiger partial charge in [0.05, 0.1) is 12.9 Å². The third-order valence-electron chi connectivity index (χ3n) is 2.01. The number of carbonyl (C=O) groups is 2. The molecule has 0 spiro atoms. The zero-order valence-electron chi connectivity index (χ0n) is 9.51. The first-order chi connectivity index (χ1) is 8.13. The first-order valence-electron chi connectivity index (χ1n) is 5.26. The van der Waals surface area contributed by atoms with E-state index in [0.29, 0.717) is 11.3 Å². The fourth-order valence-corrected chi connectivity index (χ4v) is 1.24. The molecule has 0 aromatic carbocycles. The molecule has 1 aromatic rings. The van der Waals surface area contributed by atoms with Crippen LogP contribution < -0.4 is 0 Å². The highest BCUT2D eigenvalue weighted by atomic mass is 16.5. The molecule has 0 aliphatic heterocycles. The minimum atomic E-state index is -0.959. The average molecular weight is 238 g/mol. The van der Waals surface area contributed by atoms with Crippen LogP contribution in [0.25, 0.3) is 6.08 Å². The van der Waals surface area contributed by atoms with Crippen LogP contribution in [-0.4, -0.2) is 23.7 Å². The summed E-state index contributed by atoms with van der Waals surface area (Å²) in [6, 6.07) is 3.37. The molecule has 0 fully saturated rings. The smallest absolute Gasteiger partial charge is 0.334 e. The maximum absolute atomic E-state index is 11.6. The van der Waals surface area contributed by atoms with Gasteiger partial charge in [-0.25, -0.2) is 4.79 Å². The quantitative estimate of drug-likeness (QED) is 0.606. The normalized spacial score (nSPS) is 11.2. The minimum absolute atomic E-state index is 0.120. The molecule has 0 atom stereocenters. The van der Waals surface area contributed by atoms with E-state index in [9.17, 15) is 9.59 Å². The van der Waals surface area contributed by atoms with Gasteiger partial charge in [0.1, 0.15) is 5.76 Å². The van der Waals surface area contributed by atoms with E-state index in [2.05, 4.69) is 0 Å². The molecule has 0 radical (unpaired) electrons. The van der Waals surface area contributed by atoms with Crippen molar-refractivity contribution in [1.29, 1.82) is 0 Å². The molecule has 1 heterocycles. The second-order valence-corrected chi connectivity index (χ2v) is 3.30. The van der Waals surface area contributed by atoms with E-state index in [-0.39, 0.29) is 19.4 Å². The predicted molar refractivity (Wildman–Crippen MR) is 60.2 cm³/mol. The molecule has 0 aliphatic rings. The van der Waals surface area contributed by atoms with Crippen LogP contribution in [-0.2, 0) is 14.3 Å². The van der Waals surface area contributed by atoms with Gasteiger partial charge in [0, 0.05) is 12.0 Å². The summed E-state index contributed by atoms with van der Waals surface area (Å²) in [5.41, 5.74) is 0.296. The van der Waals surface area contributed by atoms with E-state index >= 15 is 0 Å². The lowest BCUT2D eigenvalue weighted by Crippen LogP contribution is -2.09. The van der Waals surface area contributed by atoms with Gasteiger partial charge in [-0.2, -0.15) is 0 Å². The van der Waals surface area contributed by atoms with Crippen LogP contribution in [0, 0.1) is 0 Å². The summed E-state index contributed by atoms with van der Waals surface area (Å²) in [5, 5.41) is 8.60. The van der Waals surface area contributed by atoms with Crippen LogP contribution in [0.3, 0.4) is 0 Å². The van der Waals surface area contributed by atoms with Crippen LogP contribution >= 0.6 is 0 Å². The summed E-state index contributed by atoms with van der Waals surface area (Å²) in [5.74, 6) is -0.969. The van der Waals surface area contributed by atoms with Gasteiger partial charge in [0.15, 0.2) is 0 Å². The molecule has 5 heteroatoms. The van der Waals surface area contributed by atoms with Crippen LogP contribution in [0.1, 0.15) is 25.5 Å². The van der Waals surface area contributed by atoms with Crippen molar-refractivity contribution in [3.63, 3.8) is 0 Å². The van der Waals surface area contributed by atoms with E-state index in [1.807, 2.05) is 0 Å². The molecule has 0 aliphatic carbocycles. The summed E-state index contributed by atoms with van der Waals surface area (Å²) in [4.78, 5) is 22.0. The van der Waals surface area contributed by atoms with Gasteiger partial charge in [0.2, 0.25) is 0 Å². The van der Waals surface area contributed by atoms with E-state index in [1.165, 1.54) is 12.3 Å². The molecule has 1 aromatic heterocycles. The fraction of sp³-hybridized carbons (Fsp3) is 0.333. The van der Waals surface area contributed by atoms with E-state index in [1.54, 1.807) is 19.1 Å². The second kappa shape index (κ2) is 6.52. The highest BCUT2D eigenvalue weighted by molar-refractivity contribution is 5.93. The number of ether oxygens (including phenoxy) is 1. The Morgan fingerprint density at radius 1 is 1.47 bits per heavy atom. The lowest BCUT2D eigenvalue weighted by Gasteiger charge is -2.04. The van der Waals surface area contributed by atoms with Crippen LogP contribution in [0.15, 0.2) is 28.4 Å². The number of furan rings is 1. The largest absolute Gasteiger partial charge is 0.481 e. The molecule has 1 rings (SSSR count).